The fraction of sp³-hybridized carbons (Fsp3) is 0.190. The molecule has 0 saturated carbocycles. The van der Waals surface area contributed by atoms with Crippen molar-refractivity contribution in [2.75, 3.05) is 20.3 Å². The zero-order valence-corrected chi connectivity index (χ0v) is 14.5. The number of allylic oxidation sites excluding steroid dienone is 1. The summed E-state index contributed by atoms with van der Waals surface area (Å²) in [6.45, 7) is 6.54. The van der Waals surface area contributed by atoms with E-state index in [9.17, 15) is 4.79 Å². The average Bonchev–Trinajstić information content (AvgIpc) is 2.65. The molecule has 0 radical (unpaired) electrons. The molecule has 0 heterocycles. The number of ether oxygens (including phenoxy) is 3. The van der Waals surface area contributed by atoms with Gasteiger partial charge in [0.25, 0.3) is 0 Å². The normalized spacial score (nSPS) is 10.5. The lowest BCUT2D eigenvalue weighted by molar-refractivity contribution is 0.104. The Hall–Kier alpha value is -3.01. The molecule has 4 heteroatoms. The van der Waals surface area contributed by atoms with Gasteiger partial charge < -0.3 is 14.2 Å². The standard InChI is InChI=1S/C21H22O4/c1-4-14-25-20-13-7-16(15-21(20)23-3)6-12-19(22)17-8-10-18(11-9-17)24-5-2/h4,6-13,15H,1,5,14H2,2-3H3. The Labute approximate surface area is 148 Å². The highest BCUT2D eigenvalue weighted by Crippen LogP contribution is 2.28. The number of rotatable bonds is 9. The second-order valence-corrected chi connectivity index (χ2v) is 5.16. The summed E-state index contributed by atoms with van der Waals surface area (Å²) in [5.41, 5.74) is 1.46. The summed E-state index contributed by atoms with van der Waals surface area (Å²) in [6.07, 6.45) is 4.95. The van der Waals surface area contributed by atoms with Gasteiger partial charge >= 0.3 is 0 Å². The third-order valence-corrected chi connectivity index (χ3v) is 3.42. The molecule has 0 aliphatic carbocycles. The molecule has 0 amide bonds. The van der Waals surface area contributed by atoms with E-state index >= 15 is 0 Å². The van der Waals surface area contributed by atoms with Gasteiger partial charge in [-0.25, -0.2) is 0 Å². The lowest BCUT2D eigenvalue weighted by Gasteiger charge is -2.09. The van der Waals surface area contributed by atoms with Gasteiger partial charge in [0.15, 0.2) is 17.3 Å². The summed E-state index contributed by atoms with van der Waals surface area (Å²) in [6, 6.07) is 12.6. The van der Waals surface area contributed by atoms with E-state index in [-0.39, 0.29) is 5.78 Å². The smallest absolute Gasteiger partial charge is 0.185 e. The van der Waals surface area contributed by atoms with Crippen LogP contribution in [-0.2, 0) is 0 Å². The van der Waals surface area contributed by atoms with Crippen LogP contribution in [0.25, 0.3) is 6.08 Å². The number of benzene rings is 2. The van der Waals surface area contributed by atoms with Crippen LogP contribution in [-0.4, -0.2) is 26.1 Å². The average molecular weight is 338 g/mol. The fourth-order valence-electron chi connectivity index (χ4n) is 2.21. The first kappa shape index (κ1) is 18.3. The Balaban J connectivity index is 2.09. The van der Waals surface area contributed by atoms with Crippen LogP contribution in [0.1, 0.15) is 22.8 Å². The summed E-state index contributed by atoms with van der Waals surface area (Å²) < 4.78 is 16.2. The molecule has 0 aromatic heterocycles. The zero-order chi connectivity index (χ0) is 18.1. The van der Waals surface area contributed by atoms with Crippen molar-refractivity contribution in [2.24, 2.45) is 0 Å². The van der Waals surface area contributed by atoms with Gasteiger partial charge in [-0.3, -0.25) is 4.79 Å². The minimum absolute atomic E-state index is 0.0750. The largest absolute Gasteiger partial charge is 0.494 e. The van der Waals surface area contributed by atoms with Crippen LogP contribution < -0.4 is 14.2 Å². The second kappa shape index (κ2) is 9.33. The number of hydrogen-bond acceptors (Lipinski definition) is 4. The minimum Gasteiger partial charge on any atom is -0.494 e. The Kier molecular flexibility index (Phi) is 6.84. The van der Waals surface area contributed by atoms with Gasteiger partial charge in [0, 0.05) is 5.56 Å². The summed E-state index contributed by atoms with van der Waals surface area (Å²) in [5.74, 6) is 1.92. The number of carbonyl (C=O) groups excluding carboxylic acids is 1. The van der Waals surface area contributed by atoms with Crippen molar-refractivity contribution in [1.82, 2.24) is 0 Å². The Morgan fingerprint density at radius 1 is 1.08 bits per heavy atom. The van der Waals surface area contributed by atoms with Gasteiger partial charge in [-0.05, 0) is 55.0 Å². The topological polar surface area (TPSA) is 44.8 Å². The third-order valence-electron chi connectivity index (χ3n) is 3.42. The maximum absolute atomic E-state index is 12.3. The molecule has 0 aliphatic heterocycles. The number of ketones is 1. The molecule has 130 valence electrons. The van der Waals surface area contributed by atoms with E-state index < -0.39 is 0 Å². The molecule has 2 aromatic rings. The van der Waals surface area contributed by atoms with Crippen LogP contribution in [0.5, 0.6) is 17.2 Å². The molecule has 0 N–H and O–H groups in total. The van der Waals surface area contributed by atoms with Crippen molar-refractivity contribution in [3.63, 3.8) is 0 Å². The summed E-state index contributed by atoms with van der Waals surface area (Å²) in [4.78, 5) is 12.3. The Bertz CT molecular complexity index is 745. The molecule has 0 saturated heterocycles. The molecule has 2 rings (SSSR count). The van der Waals surface area contributed by atoms with E-state index in [1.54, 1.807) is 43.5 Å². The lowest BCUT2D eigenvalue weighted by atomic mass is 10.1. The first-order chi connectivity index (χ1) is 12.2. The predicted molar refractivity (Wildman–Crippen MR) is 99.7 cm³/mol. The van der Waals surface area contributed by atoms with Crippen LogP contribution in [0, 0.1) is 0 Å². The van der Waals surface area contributed by atoms with Crippen LogP contribution >= 0.6 is 0 Å². The van der Waals surface area contributed by atoms with E-state index in [0.29, 0.717) is 30.3 Å². The Morgan fingerprint density at radius 3 is 2.48 bits per heavy atom. The summed E-state index contributed by atoms with van der Waals surface area (Å²) in [7, 11) is 1.58. The van der Waals surface area contributed by atoms with E-state index in [0.717, 1.165) is 11.3 Å². The molecule has 0 fully saturated rings. The highest BCUT2D eigenvalue weighted by atomic mass is 16.5. The highest BCUT2D eigenvalue weighted by Gasteiger charge is 2.05. The molecule has 25 heavy (non-hydrogen) atoms. The van der Waals surface area contributed by atoms with Crippen molar-refractivity contribution in [3.8, 4) is 17.2 Å². The van der Waals surface area contributed by atoms with Gasteiger partial charge in [0.1, 0.15) is 12.4 Å². The molecule has 2 aromatic carbocycles. The first-order valence-corrected chi connectivity index (χ1v) is 8.05. The van der Waals surface area contributed by atoms with E-state index in [1.165, 1.54) is 6.08 Å². The highest BCUT2D eigenvalue weighted by molar-refractivity contribution is 6.06. The van der Waals surface area contributed by atoms with Crippen molar-refractivity contribution in [1.29, 1.82) is 0 Å². The summed E-state index contributed by atoms with van der Waals surface area (Å²) >= 11 is 0. The van der Waals surface area contributed by atoms with Crippen LogP contribution in [0.4, 0.5) is 0 Å². The van der Waals surface area contributed by atoms with Gasteiger partial charge in [0.2, 0.25) is 0 Å². The number of hydrogen-bond donors (Lipinski definition) is 0. The third kappa shape index (κ3) is 5.24. The SMILES string of the molecule is C=CCOc1ccc(C=CC(=O)c2ccc(OCC)cc2)cc1OC. The van der Waals surface area contributed by atoms with Crippen molar-refractivity contribution < 1.29 is 19.0 Å². The van der Waals surface area contributed by atoms with Gasteiger partial charge in [-0.2, -0.15) is 0 Å². The van der Waals surface area contributed by atoms with E-state index in [4.69, 9.17) is 14.2 Å². The van der Waals surface area contributed by atoms with E-state index in [2.05, 4.69) is 6.58 Å². The van der Waals surface area contributed by atoms with E-state index in [1.807, 2.05) is 25.1 Å². The predicted octanol–water partition coefficient (Wildman–Crippen LogP) is 4.55. The second-order valence-electron chi connectivity index (χ2n) is 5.16. The molecule has 0 atom stereocenters. The molecule has 0 aliphatic rings. The molecule has 4 nitrogen and oxygen atoms in total. The molecule has 0 bridgehead atoms. The quantitative estimate of drug-likeness (QED) is 0.382. The Morgan fingerprint density at radius 2 is 1.84 bits per heavy atom. The number of carbonyl (C=O) groups is 1. The molecular formula is C21H22O4. The van der Waals surface area contributed by atoms with Gasteiger partial charge in [-0.1, -0.05) is 24.8 Å². The molecular weight excluding hydrogens is 316 g/mol. The minimum atomic E-state index is -0.0750. The molecule has 0 spiro atoms. The van der Waals surface area contributed by atoms with Crippen molar-refractivity contribution in [3.05, 3.63) is 72.3 Å². The number of methoxy groups -OCH3 is 1. The molecule has 0 unspecified atom stereocenters. The van der Waals surface area contributed by atoms with Crippen molar-refractivity contribution in [2.45, 2.75) is 6.92 Å². The van der Waals surface area contributed by atoms with Crippen LogP contribution in [0.3, 0.4) is 0 Å². The van der Waals surface area contributed by atoms with Crippen molar-refractivity contribution >= 4 is 11.9 Å². The van der Waals surface area contributed by atoms with Gasteiger partial charge in [0.05, 0.1) is 13.7 Å². The zero-order valence-electron chi connectivity index (χ0n) is 14.5. The van der Waals surface area contributed by atoms with Gasteiger partial charge in [-0.15, -0.1) is 0 Å². The van der Waals surface area contributed by atoms with Crippen LogP contribution in [0.2, 0.25) is 0 Å². The fourth-order valence-corrected chi connectivity index (χ4v) is 2.21. The maximum Gasteiger partial charge on any atom is 0.185 e. The monoisotopic (exact) mass is 338 g/mol. The summed E-state index contributed by atoms with van der Waals surface area (Å²) in [5, 5.41) is 0. The van der Waals surface area contributed by atoms with Crippen LogP contribution in [0.15, 0.2) is 61.2 Å². The maximum atomic E-state index is 12.3. The first-order valence-electron chi connectivity index (χ1n) is 8.05. The lowest BCUT2D eigenvalue weighted by Crippen LogP contribution is -1.97.